The molecule has 6 nitrogen and oxygen atoms in total. The van der Waals surface area contributed by atoms with Gasteiger partial charge in [0.1, 0.15) is 6.04 Å². The molecule has 1 unspecified atom stereocenters. The van der Waals surface area contributed by atoms with Crippen molar-refractivity contribution in [1.29, 1.82) is 0 Å². The summed E-state index contributed by atoms with van der Waals surface area (Å²) >= 11 is 1.44. The van der Waals surface area contributed by atoms with Crippen LogP contribution in [0.5, 0.6) is 0 Å². The molecule has 0 bridgehead atoms. The quantitative estimate of drug-likeness (QED) is 0.593. The van der Waals surface area contributed by atoms with Crippen LogP contribution in [0, 0.1) is 0 Å². The molecule has 156 valence electrons. The predicted octanol–water partition coefficient (Wildman–Crippen LogP) is 4.88. The molecule has 1 aromatic carbocycles. The highest BCUT2D eigenvalue weighted by molar-refractivity contribution is 7.13. The Bertz CT molecular complexity index is 1120. The van der Waals surface area contributed by atoms with Gasteiger partial charge in [-0.3, -0.25) is 0 Å². The fraction of sp³-hybridized carbons (Fsp3) is 0.250. The third kappa shape index (κ3) is 3.58. The molecule has 2 aromatic heterocycles. The first-order valence-corrected chi connectivity index (χ1v) is 10.00. The number of ether oxygens (including phenoxy) is 1. The fourth-order valence-corrected chi connectivity index (χ4v) is 3.98. The molecule has 3 heterocycles. The number of fused-ring (bicyclic) bond motifs is 1. The normalized spacial score (nSPS) is 16.2. The highest BCUT2D eigenvalue weighted by atomic mass is 32.1. The average molecular weight is 434 g/mol. The molecular weight excluding hydrogens is 417 g/mol. The number of carbonyl (C=O) groups excluding carboxylic acids is 1. The lowest BCUT2D eigenvalue weighted by molar-refractivity contribution is -0.139. The number of allylic oxidation sites excluding steroid dienone is 1. The molecule has 0 aliphatic carbocycles. The number of aromatic nitrogens is 3. The zero-order valence-electron chi connectivity index (χ0n) is 16.0. The minimum absolute atomic E-state index is 0.135. The van der Waals surface area contributed by atoms with Gasteiger partial charge in [0.15, 0.2) is 5.82 Å². The molecule has 0 amide bonds. The zero-order chi connectivity index (χ0) is 21.5. The van der Waals surface area contributed by atoms with Crippen molar-refractivity contribution in [2.45, 2.75) is 26.1 Å². The number of anilines is 1. The molecule has 0 saturated heterocycles. The molecule has 30 heavy (non-hydrogen) atoms. The maximum atomic E-state index is 13.3. The van der Waals surface area contributed by atoms with E-state index in [0.717, 1.165) is 17.0 Å². The second kappa shape index (κ2) is 7.60. The molecule has 0 spiro atoms. The largest absolute Gasteiger partial charge is 0.463 e. The summed E-state index contributed by atoms with van der Waals surface area (Å²) in [6.07, 6.45) is -4.51. The number of esters is 1. The Morgan fingerprint density at radius 3 is 2.77 bits per heavy atom. The second-order valence-electron chi connectivity index (χ2n) is 6.59. The van der Waals surface area contributed by atoms with Crippen LogP contribution in [0.2, 0.25) is 0 Å². The van der Waals surface area contributed by atoms with Gasteiger partial charge in [0.2, 0.25) is 5.95 Å². The van der Waals surface area contributed by atoms with Gasteiger partial charge in [0.05, 0.1) is 22.6 Å². The molecule has 10 heteroatoms. The SMILES string of the molecule is CCOC(=O)C1=C(C)Nc2nc(-c3cccs3)nn2C1c1cccc(C(F)(F)F)c1. The van der Waals surface area contributed by atoms with Crippen LogP contribution < -0.4 is 5.32 Å². The summed E-state index contributed by atoms with van der Waals surface area (Å²) in [5.74, 6) is 0.137. The topological polar surface area (TPSA) is 69.0 Å². The van der Waals surface area contributed by atoms with E-state index in [1.807, 2.05) is 17.5 Å². The molecule has 0 fully saturated rings. The molecule has 1 atom stereocenters. The van der Waals surface area contributed by atoms with E-state index in [1.165, 1.54) is 28.2 Å². The number of alkyl halides is 3. The van der Waals surface area contributed by atoms with Crippen molar-refractivity contribution >= 4 is 23.3 Å². The Kier molecular flexibility index (Phi) is 5.10. The Balaban J connectivity index is 1.89. The first-order chi connectivity index (χ1) is 14.3. The Hall–Kier alpha value is -3.14. The number of hydrogen-bond acceptors (Lipinski definition) is 6. The van der Waals surface area contributed by atoms with E-state index in [1.54, 1.807) is 13.8 Å². The highest BCUT2D eigenvalue weighted by Crippen LogP contribution is 2.39. The van der Waals surface area contributed by atoms with Gasteiger partial charge in [-0.25, -0.2) is 9.48 Å². The van der Waals surface area contributed by atoms with Gasteiger partial charge in [0.25, 0.3) is 0 Å². The first kappa shape index (κ1) is 20.1. The Labute approximate surface area is 174 Å². The van der Waals surface area contributed by atoms with E-state index in [2.05, 4.69) is 15.4 Å². The second-order valence-corrected chi connectivity index (χ2v) is 7.54. The maximum Gasteiger partial charge on any atom is 0.416 e. The number of thiophene rings is 1. The van der Waals surface area contributed by atoms with Gasteiger partial charge in [-0.15, -0.1) is 16.4 Å². The molecule has 4 rings (SSSR count). The summed E-state index contributed by atoms with van der Waals surface area (Å²) in [5.41, 5.74) is 0.0944. The summed E-state index contributed by atoms with van der Waals surface area (Å²) in [6, 6.07) is 7.65. The van der Waals surface area contributed by atoms with E-state index in [0.29, 0.717) is 17.5 Å². The van der Waals surface area contributed by atoms with E-state index < -0.39 is 23.8 Å². The van der Waals surface area contributed by atoms with Gasteiger partial charge in [-0.05, 0) is 43.0 Å². The van der Waals surface area contributed by atoms with E-state index in [4.69, 9.17) is 4.74 Å². The van der Waals surface area contributed by atoms with Crippen LogP contribution in [-0.4, -0.2) is 27.3 Å². The molecule has 1 aliphatic rings. The van der Waals surface area contributed by atoms with Crippen LogP contribution in [-0.2, 0) is 15.7 Å². The van der Waals surface area contributed by atoms with E-state index >= 15 is 0 Å². The summed E-state index contributed by atoms with van der Waals surface area (Å²) in [4.78, 5) is 18.0. The first-order valence-electron chi connectivity index (χ1n) is 9.12. The van der Waals surface area contributed by atoms with Crippen molar-refractivity contribution in [2.24, 2.45) is 0 Å². The summed E-state index contributed by atoms with van der Waals surface area (Å²) in [7, 11) is 0. The summed E-state index contributed by atoms with van der Waals surface area (Å²) in [5, 5.41) is 9.40. The zero-order valence-corrected chi connectivity index (χ0v) is 16.8. The van der Waals surface area contributed by atoms with E-state index in [9.17, 15) is 18.0 Å². The minimum Gasteiger partial charge on any atom is -0.463 e. The third-order valence-electron chi connectivity index (χ3n) is 4.62. The van der Waals surface area contributed by atoms with Gasteiger partial charge in [-0.2, -0.15) is 18.2 Å². The van der Waals surface area contributed by atoms with Crippen molar-refractivity contribution in [2.75, 3.05) is 11.9 Å². The lowest BCUT2D eigenvalue weighted by atomic mass is 9.94. The number of halogens is 3. The number of rotatable bonds is 4. The Morgan fingerprint density at radius 2 is 2.10 bits per heavy atom. The highest BCUT2D eigenvalue weighted by Gasteiger charge is 2.37. The fourth-order valence-electron chi connectivity index (χ4n) is 3.33. The van der Waals surface area contributed by atoms with Crippen molar-refractivity contribution < 1.29 is 22.7 Å². The van der Waals surface area contributed by atoms with Gasteiger partial charge >= 0.3 is 12.1 Å². The van der Waals surface area contributed by atoms with E-state index in [-0.39, 0.29) is 17.7 Å². The van der Waals surface area contributed by atoms with Crippen molar-refractivity contribution in [1.82, 2.24) is 14.8 Å². The lowest BCUT2D eigenvalue weighted by Gasteiger charge is -2.28. The monoisotopic (exact) mass is 434 g/mol. The molecule has 1 aliphatic heterocycles. The van der Waals surface area contributed by atoms with Gasteiger partial charge < -0.3 is 10.1 Å². The molecule has 3 aromatic rings. The standard InChI is InChI=1S/C20H17F3N4O2S/c1-3-29-18(28)15-11(2)24-19-25-17(14-8-5-9-30-14)26-27(19)16(15)12-6-4-7-13(10-12)20(21,22)23/h4-10,16H,3H2,1-2H3,(H,24,25,26). The van der Waals surface area contributed by atoms with Crippen molar-refractivity contribution in [3.63, 3.8) is 0 Å². The van der Waals surface area contributed by atoms with Crippen LogP contribution in [0.15, 0.2) is 53.0 Å². The van der Waals surface area contributed by atoms with Crippen molar-refractivity contribution in [3.05, 3.63) is 64.2 Å². The average Bonchev–Trinajstić information content (AvgIpc) is 3.36. The molecular formula is C20H17F3N4O2S. The summed E-state index contributed by atoms with van der Waals surface area (Å²) in [6.45, 7) is 3.46. The molecule has 0 saturated carbocycles. The van der Waals surface area contributed by atoms with Crippen LogP contribution in [0.3, 0.4) is 0 Å². The number of carbonyl (C=O) groups is 1. The lowest BCUT2D eigenvalue weighted by Crippen LogP contribution is -2.30. The summed E-state index contributed by atoms with van der Waals surface area (Å²) < 4.78 is 46.6. The molecule has 0 radical (unpaired) electrons. The van der Waals surface area contributed by atoms with Crippen LogP contribution >= 0.6 is 11.3 Å². The van der Waals surface area contributed by atoms with Crippen LogP contribution in [0.1, 0.15) is 31.0 Å². The van der Waals surface area contributed by atoms with Gasteiger partial charge in [0, 0.05) is 5.70 Å². The Morgan fingerprint density at radius 1 is 1.30 bits per heavy atom. The molecule has 1 N–H and O–H groups in total. The number of nitrogens with zero attached hydrogens (tertiary/aromatic N) is 3. The maximum absolute atomic E-state index is 13.3. The van der Waals surface area contributed by atoms with Crippen molar-refractivity contribution in [3.8, 4) is 10.7 Å². The van der Waals surface area contributed by atoms with Gasteiger partial charge in [-0.1, -0.05) is 18.2 Å². The predicted molar refractivity (Wildman–Crippen MR) is 106 cm³/mol. The smallest absolute Gasteiger partial charge is 0.416 e. The number of benzene rings is 1. The van der Waals surface area contributed by atoms with Crippen LogP contribution in [0.4, 0.5) is 19.1 Å². The number of nitrogens with one attached hydrogen (secondary N) is 1. The third-order valence-corrected chi connectivity index (χ3v) is 5.48. The number of hydrogen-bond donors (Lipinski definition) is 1. The van der Waals surface area contributed by atoms with Crippen LogP contribution in [0.25, 0.3) is 10.7 Å². The minimum atomic E-state index is -4.51.